The van der Waals surface area contributed by atoms with Crippen molar-refractivity contribution in [3.8, 4) is 0 Å². The van der Waals surface area contributed by atoms with Crippen LogP contribution in [0.15, 0.2) is 47.1 Å². The summed E-state index contributed by atoms with van der Waals surface area (Å²) in [6, 6.07) is 10.6. The van der Waals surface area contributed by atoms with Crippen LogP contribution in [-0.2, 0) is 6.54 Å². The molecule has 0 bridgehead atoms. The highest BCUT2D eigenvalue weighted by Crippen LogP contribution is 2.14. The van der Waals surface area contributed by atoms with E-state index in [-0.39, 0.29) is 11.9 Å². The molecule has 18 heavy (non-hydrogen) atoms. The number of rotatable bonds is 4. The number of pyridine rings is 1. The number of halogens is 2. The van der Waals surface area contributed by atoms with Gasteiger partial charge in [0.05, 0.1) is 5.69 Å². The van der Waals surface area contributed by atoms with E-state index in [9.17, 15) is 4.39 Å². The van der Waals surface area contributed by atoms with Crippen LogP contribution in [0.4, 0.5) is 4.39 Å². The molecule has 1 heterocycles. The first-order valence-electron chi connectivity index (χ1n) is 5.74. The molecule has 4 heteroatoms. The highest BCUT2D eigenvalue weighted by Gasteiger charge is 2.05. The molecular formula is C14H14BrFN2. The van der Waals surface area contributed by atoms with Crippen molar-refractivity contribution in [3.05, 3.63) is 64.1 Å². The molecule has 0 aliphatic heterocycles. The minimum absolute atomic E-state index is 0.163. The van der Waals surface area contributed by atoms with Crippen molar-refractivity contribution in [2.24, 2.45) is 0 Å². The Kier molecular flexibility index (Phi) is 4.44. The molecule has 0 radical (unpaired) electrons. The van der Waals surface area contributed by atoms with Crippen LogP contribution in [0, 0.1) is 5.82 Å². The van der Waals surface area contributed by atoms with E-state index in [4.69, 9.17) is 0 Å². The van der Waals surface area contributed by atoms with E-state index in [2.05, 4.69) is 26.2 Å². The zero-order valence-corrected chi connectivity index (χ0v) is 11.6. The smallest absolute Gasteiger partial charge is 0.123 e. The molecule has 1 N–H and O–H groups in total. The van der Waals surface area contributed by atoms with Gasteiger partial charge in [0.25, 0.3) is 0 Å². The summed E-state index contributed by atoms with van der Waals surface area (Å²) >= 11 is 3.35. The Balaban J connectivity index is 1.93. The molecule has 0 spiro atoms. The maximum atomic E-state index is 12.8. The van der Waals surface area contributed by atoms with E-state index < -0.39 is 0 Å². The highest BCUT2D eigenvalue weighted by molar-refractivity contribution is 9.10. The second-order valence-corrected chi connectivity index (χ2v) is 5.04. The van der Waals surface area contributed by atoms with Gasteiger partial charge < -0.3 is 5.32 Å². The Morgan fingerprint density at radius 1 is 1.22 bits per heavy atom. The largest absolute Gasteiger partial charge is 0.305 e. The summed E-state index contributed by atoms with van der Waals surface area (Å²) in [7, 11) is 0. The Morgan fingerprint density at radius 3 is 2.56 bits per heavy atom. The van der Waals surface area contributed by atoms with E-state index in [0.717, 1.165) is 15.7 Å². The van der Waals surface area contributed by atoms with Crippen molar-refractivity contribution < 1.29 is 4.39 Å². The van der Waals surface area contributed by atoms with Crippen molar-refractivity contribution in [1.29, 1.82) is 0 Å². The molecule has 2 aromatic rings. The van der Waals surface area contributed by atoms with Crippen LogP contribution in [0.3, 0.4) is 0 Å². The lowest BCUT2D eigenvalue weighted by Gasteiger charge is -2.13. The first-order chi connectivity index (χ1) is 8.65. The SMILES string of the molecule is CC(NCc1ccc(Br)cn1)c1ccc(F)cc1. The van der Waals surface area contributed by atoms with Crippen molar-refractivity contribution in [1.82, 2.24) is 10.3 Å². The van der Waals surface area contributed by atoms with Crippen LogP contribution in [-0.4, -0.2) is 4.98 Å². The van der Waals surface area contributed by atoms with Gasteiger partial charge in [0.1, 0.15) is 5.82 Å². The fourth-order valence-corrected chi connectivity index (χ4v) is 1.87. The van der Waals surface area contributed by atoms with Gasteiger partial charge in [-0.1, -0.05) is 12.1 Å². The van der Waals surface area contributed by atoms with E-state index in [1.807, 2.05) is 19.1 Å². The predicted molar refractivity (Wildman–Crippen MR) is 73.6 cm³/mol. The fraction of sp³-hybridized carbons (Fsp3) is 0.214. The number of aromatic nitrogens is 1. The van der Waals surface area contributed by atoms with Crippen LogP contribution in [0.25, 0.3) is 0 Å². The number of nitrogens with one attached hydrogen (secondary N) is 1. The molecule has 0 saturated carbocycles. The van der Waals surface area contributed by atoms with Gasteiger partial charge in [0.15, 0.2) is 0 Å². The summed E-state index contributed by atoms with van der Waals surface area (Å²) in [4.78, 5) is 4.29. The summed E-state index contributed by atoms with van der Waals surface area (Å²) in [5, 5.41) is 3.35. The van der Waals surface area contributed by atoms with Crippen molar-refractivity contribution in [3.63, 3.8) is 0 Å². The molecular weight excluding hydrogens is 295 g/mol. The summed E-state index contributed by atoms with van der Waals surface area (Å²) < 4.78 is 13.8. The molecule has 0 aliphatic carbocycles. The first-order valence-corrected chi connectivity index (χ1v) is 6.54. The average molecular weight is 309 g/mol. The molecule has 0 amide bonds. The van der Waals surface area contributed by atoms with Gasteiger partial charge in [-0.25, -0.2) is 4.39 Å². The summed E-state index contributed by atoms with van der Waals surface area (Å²) in [6.45, 7) is 2.73. The Hall–Kier alpha value is -1.26. The molecule has 0 saturated heterocycles. The van der Waals surface area contributed by atoms with Gasteiger partial charge in [-0.15, -0.1) is 0 Å². The van der Waals surface area contributed by atoms with Gasteiger partial charge in [-0.05, 0) is 52.7 Å². The lowest BCUT2D eigenvalue weighted by Crippen LogP contribution is -2.18. The zero-order valence-electron chi connectivity index (χ0n) is 10.0. The Bertz CT molecular complexity index is 496. The molecule has 1 aromatic carbocycles. The maximum Gasteiger partial charge on any atom is 0.123 e. The normalized spacial score (nSPS) is 12.4. The minimum Gasteiger partial charge on any atom is -0.305 e. The van der Waals surface area contributed by atoms with Crippen LogP contribution in [0.2, 0.25) is 0 Å². The summed E-state index contributed by atoms with van der Waals surface area (Å²) in [6.07, 6.45) is 1.78. The number of benzene rings is 1. The lowest BCUT2D eigenvalue weighted by atomic mass is 10.1. The van der Waals surface area contributed by atoms with Gasteiger partial charge >= 0.3 is 0 Å². The molecule has 2 rings (SSSR count). The van der Waals surface area contributed by atoms with Gasteiger partial charge in [-0.3, -0.25) is 4.98 Å². The van der Waals surface area contributed by atoms with Crippen molar-refractivity contribution >= 4 is 15.9 Å². The molecule has 0 aliphatic rings. The van der Waals surface area contributed by atoms with E-state index in [1.54, 1.807) is 18.3 Å². The molecule has 0 fully saturated rings. The second kappa shape index (κ2) is 6.07. The van der Waals surface area contributed by atoms with Crippen LogP contribution >= 0.6 is 15.9 Å². The summed E-state index contributed by atoms with van der Waals surface area (Å²) in [5.74, 6) is -0.208. The van der Waals surface area contributed by atoms with Crippen LogP contribution < -0.4 is 5.32 Å². The minimum atomic E-state index is -0.208. The second-order valence-electron chi connectivity index (χ2n) is 4.12. The van der Waals surface area contributed by atoms with E-state index in [1.165, 1.54) is 12.1 Å². The van der Waals surface area contributed by atoms with Crippen LogP contribution in [0.1, 0.15) is 24.2 Å². The van der Waals surface area contributed by atoms with Crippen molar-refractivity contribution in [2.75, 3.05) is 0 Å². The summed E-state index contributed by atoms with van der Waals surface area (Å²) in [5.41, 5.74) is 2.04. The first kappa shape index (κ1) is 13.2. The third-order valence-corrected chi connectivity index (χ3v) is 3.22. The molecule has 94 valence electrons. The van der Waals surface area contributed by atoms with E-state index in [0.29, 0.717) is 6.54 Å². The fourth-order valence-electron chi connectivity index (χ4n) is 1.64. The topological polar surface area (TPSA) is 24.9 Å². The number of hydrogen-bond acceptors (Lipinski definition) is 2. The third kappa shape index (κ3) is 3.62. The highest BCUT2D eigenvalue weighted by atomic mass is 79.9. The van der Waals surface area contributed by atoms with Gasteiger partial charge in [-0.2, -0.15) is 0 Å². The van der Waals surface area contributed by atoms with Crippen LogP contribution in [0.5, 0.6) is 0 Å². The van der Waals surface area contributed by atoms with Crippen molar-refractivity contribution in [2.45, 2.75) is 19.5 Å². The quantitative estimate of drug-likeness (QED) is 0.928. The van der Waals surface area contributed by atoms with E-state index >= 15 is 0 Å². The molecule has 1 aromatic heterocycles. The zero-order chi connectivity index (χ0) is 13.0. The Morgan fingerprint density at radius 2 is 1.94 bits per heavy atom. The molecule has 1 unspecified atom stereocenters. The standard InChI is InChI=1S/C14H14BrFN2/c1-10(11-2-5-13(16)6-3-11)17-9-14-7-4-12(15)8-18-14/h2-8,10,17H,9H2,1H3. The number of hydrogen-bond donors (Lipinski definition) is 1. The molecule has 2 nitrogen and oxygen atoms in total. The average Bonchev–Trinajstić information content (AvgIpc) is 2.38. The monoisotopic (exact) mass is 308 g/mol. The predicted octanol–water partition coefficient (Wildman–Crippen LogP) is 3.83. The number of nitrogens with zero attached hydrogens (tertiary/aromatic N) is 1. The van der Waals surface area contributed by atoms with Gasteiger partial charge in [0.2, 0.25) is 0 Å². The third-order valence-electron chi connectivity index (χ3n) is 2.75. The van der Waals surface area contributed by atoms with Gasteiger partial charge in [0, 0.05) is 23.3 Å². The molecule has 1 atom stereocenters. The lowest BCUT2D eigenvalue weighted by molar-refractivity contribution is 0.564. The maximum absolute atomic E-state index is 12.8. The Labute approximate surface area is 114 Å².